The first kappa shape index (κ1) is 19.7. The second-order valence-electron chi connectivity index (χ2n) is 8.67. The number of rotatable bonds is 6. The van der Waals surface area contributed by atoms with Crippen molar-refractivity contribution in [3.63, 3.8) is 0 Å². The number of fused-ring (bicyclic) bond motifs is 2. The summed E-state index contributed by atoms with van der Waals surface area (Å²) in [4.78, 5) is 8.31. The average molecular weight is 421 g/mol. The highest BCUT2D eigenvalue weighted by atomic mass is 35.5. The molecule has 2 aromatic heterocycles. The molecule has 30 heavy (non-hydrogen) atoms. The Kier molecular flexibility index (Phi) is 5.53. The second kappa shape index (κ2) is 8.44. The van der Waals surface area contributed by atoms with E-state index in [1.807, 2.05) is 0 Å². The Labute approximate surface area is 182 Å². The van der Waals surface area contributed by atoms with Crippen LogP contribution >= 0.6 is 11.6 Å². The molecule has 2 aromatic carbocycles. The molecule has 0 amide bonds. The standard InChI is InChI=1S/C25H29ClN4/c1-17-8-9-21-22(15-17)29-25(28-21)19-6-4-7-23-24(19)20(26)16-30(23)14-3-2-5-18-10-12-27-13-11-18/h4,6-9,15-16,18,27H,2-3,5,10-14H2,1H3,(H,28,29). The number of aromatic amines is 1. The van der Waals surface area contributed by atoms with Crippen molar-refractivity contribution in [3.05, 3.63) is 53.2 Å². The molecule has 0 spiro atoms. The third kappa shape index (κ3) is 3.86. The number of piperidine rings is 1. The molecule has 1 fully saturated rings. The van der Waals surface area contributed by atoms with Crippen LogP contribution < -0.4 is 5.32 Å². The Morgan fingerprint density at radius 1 is 1.13 bits per heavy atom. The van der Waals surface area contributed by atoms with Crippen LogP contribution in [0.2, 0.25) is 5.02 Å². The fraction of sp³-hybridized carbons (Fsp3) is 0.400. The van der Waals surface area contributed by atoms with Crippen molar-refractivity contribution in [1.29, 1.82) is 0 Å². The number of hydrogen-bond acceptors (Lipinski definition) is 2. The minimum absolute atomic E-state index is 0.801. The third-order valence-corrected chi connectivity index (χ3v) is 6.76. The molecule has 5 heteroatoms. The maximum absolute atomic E-state index is 6.72. The van der Waals surface area contributed by atoms with Crippen molar-refractivity contribution >= 4 is 33.5 Å². The highest BCUT2D eigenvalue weighted by Gasteiger charge is 2.16. The Bertz CT molecular complexity index is 1170. The summed E-state index contributed by atoms with van der Waals surface area (Å²) >= 11 is 6.72. The van der Waals surface area contributed by atoms with Crippen molar-refractivity contribution in [3.8, 4) is 11.4 Å². The molecule has 0 saturated carbocycles. The first-order valence-corrected chi connectivity index (χ1v) is 11.5. The van der Waals surface area contributed by atoms with Gasteiger partial charge in [-0.15, -0.1) is 0 Å². The lowest BCUT2D eigenvalue weighted by atomic mass is 9.92. The van der Waals surface area contributed by atoms with E-state index < -0.39 is 0 Å². The maximum Gasteiger partial charge on any atom is 0.139 e. The largest absolute Gasteiger partial charge is 0.346 e. The van der Waals surface area contributed by atoms with Crippen LogP contribution in [0.25, 0.3) is 33.3 Å². The van der Waals surface area contributed by atoms with Crippen LogP contribution in [0.4, 0.5) is 0 Å². The molecular formula is C25H29ClN4. The summed E-state index contributed by atoms with van der Waals surface area (Å²) in [5.41, 5.74) is 5.54. The van der Waals surface area contributed by atoms with E-state index in [1.54, 1.807) is 0 Å². The van der Waals surface area contributed by atoms with Crippen LogP contribution in [-0.4, -0.2) is 27.6 Å². The monoisotopic (exact) mass is 420 g/mol. The van der Waals surface area contributed by atoms with Crippen LogP contribution in [-0.2, 0) is 6.54 Å². The number of H-pyrrole nitrogens is 1. The highest BCUT2D eigenvalue weighted by Crippen LogP contribution is 2.35. The summed E-state index contributed by atoms with van der Waals surface area (Å²) in [5.74, 6) is 1.78. The second-order valence-corrected chi connectivity index (χ2v) is 9.07. The number of imidazole rings is 1. The number of nitrogens with zero attached hydrogens (tertiary/aromatic N) is 2. The molecule has 0 atom stereocenters. The molecule has 1 aliphatic rings. The zero-order valence-electron chi connectivity index (χ0n) is 17.5. The van der Waals surface area contributed by atoms with E-state index in [1.165, 1.54) is 56.3 Å². The summed E-state index contributed by atoms with van der Waals surface area (Å²) in [7, 11) is 0. The Morgan fingerprint density at radius 3 is 2.87 bits per heavy atom. The van der Waals surface area contributed by atoms with Gasteiger partial charge < -0.3 is 14.9 Å². The van der Waals surface area contributed by atoms with Crippen LogP contribution in [0.15, 0.2) is 42.6 Å². The number of nitrogens with one attached hydrogen (secondary N) is 2. The van der Waals surface area contributed by atoms with Gasteiger partial charge in [0.1, 0.15) is 5.82 Å². The average Bonchev–Trinajstić information content (AvgIpc) is 3.33. The Morgan fingerprint density at radius 2 is 2.00 bits per heavy atom. The maximum atomic E-state index is 6.72. The molecule has 0 aliphatic carbocycles. The summed E-state index contributed by atoms with van der Waals surface area (Å²) in [5, 5.41) is 5.35. The molecule has 1 aliphatic heterocycles. The molecule has 0 unspecified atom stereocenters. The van der Waals surface area contributed by atoms with E-state index >= 15 is 0 Å². The van der Waals surface area contributed by atoms with Gasteiger partial charge in [-0.3, -0.25) is 0 Å². The predicted octanol–water partition coefficient (Wildman–Crippen LogP) is 6.32. The van der Waals surface area contributed by atoms with Crippen molar-refractivity contribution in [2.45, 2.75) is 45.6 Å². The van der Waals surface area contributed by atoms with Crippen LogP contribution in [0.1, 0.15) is 37.7 Å². The first-order valence-electron chi connectivity index (χ1n) is 11.1. The third-order valence-electron chi connectivity index (χ3n) is 6.47. The topological polar surface area (TPSA) is 45.6 Å². The van der Waals surface area contributed by atoms with Crippen molar-refractivity contribution in [2.24, 2.45) is 5.92 Å². The number of hydrogen-bond donors (Lipinski definition) is 2. The normalized spacial score (nSPS) is 15.4. The molecule has 0 bridgehead atoms. The lowest BCUT2D eigenvalue weighted by Gasteiger charge is -2.22. The van der Waals surface area contributed by atoms with Crippen LogP contribution in [0.5, 0.6) is 0 Å². The lowest BCUT2D eigenvalue weighted by molar-refractivity contribution is 0.341. The predicted molar refractivity (Wildman–Crippen MR) is 126 cm³/mol. The van der Waals surface area contributed by atoms with E-state index in [0.717, 1.165) is 45.3 Å². The van der Waals surface area contributed by atoms with Gasteiger partial charge in [-0.05, 0) is 69.0 Å². The molecular weight excluding hydrogens is 392 g/mol. The Balaban J connectivity index is 1.37. The molecule has 5 rings (SSSR count). The Hall–Kier alpha value is -2.30. The fourth-order valence-corrected chi connectivity index (χ4v) is 5.14. The smallest absolute Gasteiger partial charge is 0.139 e. The minimum Gasteiger partial charge on any atom is -0.346 e. The van der Waals surface area contributed by atoms with Gasteiger partial charge in [0.05, 0.1) is 21.6 Å². The zero-order valence-corrected chi connectivity index (χ0v) is 18.3. The molecule has 4 nitrogen and oxygen atoms in total. The number of benzene rings is 2. The van der Waals surface area contributed by atoms with Crippen LogP contribution in [0, 0.1) is 12.8 Å². The van der Waals surface area contributed by atoms with Gasteiger partial charge in [-0.25, -0.2) is 4.98 Å². The van der Waals surface area contributed by atoms with E-state index in [-0.39, 0.29) is 0 Å². The van der Waals surface area contributed by atoms with Gasteiger partial charge in [0.25, 0.3) is 0 Å². The van der Waals surface area contributed by atoms with Gasteiger partial charge >= 0.3 is 0 Å². The number of unbranched alkanes of at least 4 members (excludes halogenated alkanes) is 1. The zero-order chi connectivity index (χ0) is 20.5. The summed E-state index contributed by atoms with van der Waals surface area (Å²) in [6.45, 7) is 5.49. The van der Waals surface area contributed by atoms with Crippen LogP contribution in [0.3, 0.4) is 0 Å². The number of halogens is 1. The van der Waals surface area contributed by atoms with Crippen molar-refractivity contribution in [2.75, 3.05) is 13.1 Å². The van der Waals surface area contributed by atoms with Crippen molar-refractivity contribution in [1.82, 2.24) is 19.9 Å². The summed E-state index contributed by atoms with van der Waals surface area (Å²) < 4.78 is 2.32. The number of aromatic nitrogens is 3. The molecule has 2 N–H and O–H groups in total. The number of aryl methyl sites for hydroxylation is 2. The van der Waals surface area contributed by atoms with E-state index in [2.05, 4.69) is 64.4 Å². The van der Waals surface area contributed by atoms with Gasteiger partial charge in [-0.2, -0.15) is 0 Å². The minimum atomic E-state index is 0.801. The first-order chi connectivity index (χ1) is 14.7. The lowest BCUT2D eigenvalue weighted by Crippen LogP contribution is -2.27. The molecule has 0 radical (unpaired) electrons. The molecule has 4 aromatic rings. The molecule has 1 saturated heterocycles. The fourth-order valence-electron chi connectivity index (χ4n) is 4.82. The van der Waals surface area contributed by atoms with Crippen molar-refractivity contribution < 1.29 is 0 Å². The van der Waals surface area contributed by atoms with E-state index in [0.29, 0.717) is 0 Å². The van der Waals surface area contributed by atoms with Gasteiger partial charge in [0, 0.05) is 23.7 Å². The SMILES string of the molecule is Cc1ccc2nc(-c3cccc4c3c(Cl)cn4CCCCC3CCNCC3)[nH]c2c1. The highest BCUT2D eigenvalue weighted by molar-refractivity contribution is 6.36. The van der Waals surface area contributed by atoms with E-state index in [9.17, 15) is 0 Å². The summed E-state index contributed by atoms with van der Waals surface area (Å²) in [6.07, 6.45) is 8.57. The van der Waals surface area contributed by atoms with E-state index in [4.69, 9.17) is 16.6 Å². The van der Waals surface area contributed by atoms with Gasteiger partial charge in [0.2, 0.25) is 0 Å². The quantitative estimate of drug-likeness (QED) is 0.358. The van der Waals surface area contributed by atoms with Gasteiger partial charge in [-0.1, -0.05) is 42.6 Å². The van der Waals surface area contributed by atoms with Gasteiger partial charge in [0.15, 0.2) is 0 Å². The molecule has 3 heterocycles. The molecule has 156 valence electrons. The summed E-state index contributed by atoms with van der Waals surface area (Å²) in [6, 6.07) is 12.7.